The number of imidazole rings is 1. The maximum atomic E-state index is 11.1. The highest BCUT2D eigenvalue weighted by Crippen LogP contribution is 2.44. The number of nitrogens with zero attached hydrogens (tertiary/aromatic N) is 2. The number of carboxylic acid groups (broad SMARTS) is 1. The Morgan fingerprint density at radius 1 is 1.45 bits per heavy atom. The topological polar surface area (TPSA) is 55.1 Å². The molecule has 2 atom stereocenters. The quantitative estimate of drug-likeness (QED) is 0.927. The van der Waals surface area contributed by atoms with Gasteiger partial charge in [0.1, 0.15) is 5.82 Å². The number of aromatic carboxylic acids is 1. The summed E-state index contributed by atoms with van der Waals surface area (Å²) in [5.74, 6) is 2.46. The lowest BCUT2D eigenvalue weighted by Crippen LogP contribution is -2.05. The van der Waals surface area contributed by atoms with Gasteiger partial charge in [-0.1, -0.05) is 6.92 Å². The van der Waals surface area contributed by atoms with Gasteiger partial charge in [-0.2, -0.15) is 0 Å². The fraction of sp³-hybridized carbons (Fsp3) is 0.500. The molecule has 2 aliphatic rings. The summed E-state index contributed by atoms with van der Waals surface area (Å²) in [5.41, 5.74) is 2.25. The van der Waals surface area contributed by atoms with Crippen LogP contribution in [0.2, 0.25) is 0 Å². The minimum atomic E-state index is -0.884. The summed E-state index contributed by atoms with van der Waals surface area (Å²) in [6, 6.07) is 5.32. The highest BCUT2D eigenvalue weighted by molar-refractivity contribution is 5.92. The van der Waals surface area contributed by atoms with E-state index < -0.39 is 5.97 Å². The Kier molecular flexibility index (Phi) is 2.43. The molecule has 1 aromatic carbocycles. The average Bonchev–Trinajstić information content (AvgIpc) is 3.32. The molecule has 4 heteroatoms. The third-order valence-electron chi connectivity index (χ3n) is 4.66. The van der Waals surface area contributed by atoms with Gasteiger partial charge < -0.3 is 9.67 Å². The number of rotatable bonds is 4. The lowest BCUT2D eigenvalue weighted by molar-refractivity contribution is 0.0697. The third kappa shape index (κ3) is 1.90. The normalized spacial score (nSPS) is 25.1. The third-order valence-corrected chi connectivity index (χ3v) is 4.66. The van der Waals surface area contributed by atoms with E-state index >= 15 is 0 Å². The van der Waals surface area contributed by atoms with Crippen molar-refractivity contribution in [3.05, 3.63) is 29.6 Å². The molecule has 20 heavy (non-hydrogen) atoms. The molecule has 4 rings (SSSR count). The van der Waals surface area contributed by atoms with Crippen molar-refractivity contribution in [2.24, 2.45) is 11.8 Å². The second-order valence-corrected chi connectivity index (χ2v) is 6.34. The van der Waals surface area contributed by atoms with Gasteiger partial charge in [0.15, 0.2) is 0 Å². The predicted octanol–water partition coefficient (Wildman–Crippen LogP) is 3.27. The van der Waals surface area contributed by atoms with Crippen LogP contribution in [0.15, 0.2) is 18.2 Å². The molecule has 2 aliphatic carbocycles. The SMILES string of the molecule is CC1CC1Cn1c(C2CC2)nc2cc(C(=O)O)ccc21. The van der Waals surface area contributed by atoms with Gasteiger partial charge in [0.05, 0.1) is 16.6 Å². The van der Waals surface area contributed by atoms with Crippen molar-refractivity contribution in [3.63, 3.8) is 0 Å². The van der Waals surface area contributed by atoms with Gasteiger partial charge in [-0.25, -0.2) is 9.78 Å². The van der Waals surface area contributed by atoms with Crippen molar-refractivity contribution in [2.45, 2.75) is 38.6 Å². The van der Waals surface area contributed by atoms with Gasteiger partial charge in [-0.3, -0.25) is 0 Å². The number of hydrogen-bond acceptors (Lipinski definition) is 2. The summed E-state index contributed by atoms with van der Waals surface area (Å²) in [6.07, 6.45) is 3.74. The van der Waals surface area contributed by atoms with Gasteiger partial charge >= 0.3 is 5.97 Å². The molecular weight excluding hydrogens is 252 g/mol. The maximum absolute atomic E-state index is 11.1. The monoisotopic (exact) mass is 270 g/mol. The van der Waals surface area contributed by atoms with Crippen LogP contribution in [0.25, 0.3) is 11.0 Å². The molecule has 0 saturated heterocycles. The molecule has 1 heterocycles. The molecule has 0 aliphatic heterocycles. The number of carboxylic acids is 1. The summed E-state index contributed by atoms with van der Waals surface area (Å²) in [6.45, 7) is 3.33. The smallest absolute Gasteiger partial charge is 0.335 e. The van der Waals surface area contributed by atoms with Crippen LogP contribution in [0.5, 0.6) is 0 Å². The van der Waals surface area contributed by atoms with Crippen LogP contribution in [-0.2, 0) is 6.54 Å². The van der Waals surface area contributed by atoms with Crippen LogP contribution in [0, 0.1) is 11.8 Å². The van der Waals surface area contributed by atoms with Gasteiger partial charge in [0, 0.05) is 12.5 Å². The second-order valence-electron chi connectivity index (χ2n) is 6.34. The Labute approximate surface area is 117 Å². The predicted molar refractivity (Wildman–Crippen MR) is 75.9 cm³/mol. The minimum absolute atomic E-state index is 0.323. The highest BCUT2D eigenvalue weighted by atomic mass is 16.4. The number of fused-ring (bicyclic) bond motifs is 1. The van der Waals surface area contributed by atoms with Crippen molar-refractivity contribution in [3.8, 4) is 0 Å². The molecule has 1 aromatic heterocycles. The molecule has 2 unspecified atom stereocenters. The van der Waals surface area contributed by atoms with Crippen molar-refractivity contribution in [1.29, 1.82) is 0 Å². The number of benzene rings is 1. The van der Waals surface area contributed by atoms with Crippen LogP contribution in [0.4, 0.5) is 0 Å². The van der Waals surface area contributed by atoms with E-state index in [1.165, 1.54) is 25.1 Å². The summed E-state index contributed by atoms with van der Waals surface area (Å²) in [7, 11) is 0. The Balaban J connectivity index is 1.81. The number of carbonyl (C=O) groups is 1. The van der Waals surface area contributed by atoms with E-state index in [2.05, 4.69) is 11.5 Å². The van der Waals surface area contributed by atoms with E-state index in [9.17, 15) is 4.79 Å². The Hall–Kier alpha value is -1.84. The van der Waals surface area contributed by atoms with Gasteiger partial charge in [-0.15, -0.1) is 0 Å². The molecular formula is C16H18N2O2. The molecule has 104 valence electrons. The fourth-order valence-corrected chi connectivity index (χ4v) is 3.01. The van der Waals surface area contributed by atoms with Crippen molar-refractivity contribution in [2.75, 3.05) is 0 Å². The van der Waals surface area contributed by atoms with E-state index in [0.29, 0.717) is 11.5 Å². The Morgan fingerprint density at radius 2 is 2.20 bits per heavy atom. The first-order valence-electron chi connectivity index (χ1n) is 7.37. The number of hydrogen-bond donors (Lipinski definition) is 1. The van der Waals surface area contributed by atoms with E-state index in [4.69, 9.17) is 10.1 Å². The first-order valence-corrected chi connectivity index (χ1v) is 7.37. The first-order chi connectivity index (χ1) is 9.63. The zero-order valence-corrected chi connectivity index (χ0v) is 11.5. The molecule has 0 radical (unpaired) electrons. The van der Waals surface area contributed by atoms with E-state index in [1.807, 2.05) is 6.07 Å². The lowest BCUT2D eigenvalue weighted by atomic mass is 10.2. The van der Waals surface area contributed by atoms with Crippen LogP contribution < -0.4 is 0 Å². The Bertz CT molecular complexity index is 700. The number of aromatic nitrogens is 2. The fourth-order valence-electron chi connectivity index (χ4n) is 3.01. The van der Waals surface area contributed by atoms with Crippen LogP contribution in [0.3, 0.4) is 0 Å². The molecule has 2 saturated carbocycles. The summed E-state index contributed by atoms with van der Waals surface area (Å²) in [5, 5.41) is 9.10. The van der Waals surface area contributed by atoms with E-state index in [0.717, 1.165) is 29.4 Å². The van der Waals surface area contributed by atoms with Gasteiger partial charge in [0.2, 0.25) is 0 Å². The standard InChI is InChI=1S/C16H18N2O2/c1-9-6-12(9)8-18-14-5-4-11(16(19)20)7-13(14)17-15(18)10-2-3-10/h4-5,7,9-10,12H,2-3,6,8H2,1H3,(H,19,20). The molecule has 1 N–H and O–H groups in total. The molecule has 4 nitrogen and oxygen atoms in total. The summed E-state index contributed by atoms with van der Waals surface area (Å²) in [4.78, 5) is 15.8. The maximum Gasteiger partial charge on any atom is 0.335 e. The average molecular weight is 270 g/mol. The van der Waals surface area contributed by atoms with Crippen molar-refractivity contribution >= 4 is 17.0 Å². The van der Waals surface area contributed by atoms with Gasteiger partial charge in [0.25, 0.3) is 0 Å². The van der Waals surface area contributed by atoms with Crippen molar-refractivity contribution in [1.82, 2.24) is 9.55 Å². The summed E-state index contributed by atoms with van der Waals surface area (Å²) >= 11 is 0. The lowest BCUT2D eigenvalue weighted by Gasteiger charge is -2.08. The molecule has 0 spiro atoms. The zero-order chi connectivity index (χ0) is 13.9. The summed E-state index contributed by atoms with van der Waals surface area (Å²) < 4.78 is 2.34. The van der Waals surface area contributed by atoms with Crippen molar-refractivity contribution < 1.29 is 9.90 Å². The molecule has 2 aromatic rings. The highest BCUT2D eigenvalue weighted by Gasteiger charge is 2.36. The van der Waals surface area contributed by atoms with Crippen LogP contribution >= 0.6 is 0 Å². The van der Waals surface area contributed by atoms with Crippen LogP contribution in [-0.4, -0.2) is 20.6 Å². The van der Waals surface area contributed by atoms with E-state index in [-0.39, 0.29) is 0 Å². The molecule has 0 amide bonds. The van der Waals surface area contributed by atoms with E-state index in [1.54, 1.807) is 12.1 Å². The largest absolute Gasteiger partial charge is 0.478 e. The Morgan fingerprint density at radius 3 is 2.80 bits per heavy atom. The first kappa shape index (κ1) is 11.9. The van der Waals surface area contributed by atoms with Crippen LogP contribution in [0.1, 0.15) is 48.3 Å². The molecule has 0 bridgehead atoms. The van der Waals surface area contributed by atoms with Gasteiger partial charge in [-0.05, 0) is 49.3 Å². The second kappa shape index (κ2) is 4.08. The molecule has 2 fully saturated rings. The zero-order valence-electron chi connectivity index (χ0n) is 11.5. The minimum Gasteiger partial charge on any atom is -0.478 e.